The van der Waals surface area contributed by atoms with Crippen LogP contribution in [0, 0.1) is 5.82 Å². The van der Waals surface area contributed by atoms with E-state index in [0.717, 1.165) is 30.3 Å². The monoisotopic (exact) mass is 390 g/mol. The number of halogens is 4. The average molecular weight is 390 g/mol. The van der Waals surface area contributed by atoms with Crippen LogP contribution in [0.15, 0.2) is 53.4 Å². The Labute approximate surface area is 147 Å². The summed E-state index contributed by atoms with van der Waals surface area (Å²) in [5.74, 6) is -1.27. The predicted octanol–water partition coefficient (Wildman–Crippen LogP) is 3.15. The number of benzene rings is 2. The minimum Gasteiger partial charge on any atom is -0.325 e. The highest BCUT2D eigenvalue weighted by Gasteiger charge is 2.32. The molecule has 0 spiro atoms. The van der Waals surface area contributed by atoms with Gasteiger partial charge in [-0.2, -0.15) is 17.9 Å². The number of carbonyl (C=O) groups excluding carboxylic acids is 1. The maximum Gasteiger partial charge on any atom is 0.416 e. The third kappa shape index (κ3) is 5.02. The summed E-state index contributed by atoms with van der Waals surface area (Å²) in [6.07, 6.45) is -4.70. The van der Waals surface area contributed by atoms with Gasteiger partial charge in [-0.05, 0) is 49.4 Å². The number of nitrogens with one attached hydrogen (secondary N) is 2. The number of hydrogen-bond acceptors (Lipinski definition) is 3. The molecule has 0 bridgehead atoms. The first kappa shape index (κ1) is 19.9. The zero-order valence-electron chi connectivity index (χ0n) is 13.3. The van der Waals surface area contributed by atoms with Gasteiger partial charge in [-0.15, -0.1) is 0 Å². The number of rotatable bonds is 5. The largest absolute Gasteiger partial charge is 0.416 e. The molecule has 140 valence electrons. The second kappa shape index (κ2) is 7.42. The molecular weight excluding hydrogens is 376 g/mol. The molecule has 2 N–H and O–H groups in total. The van der Waals surface area contributed by atoms with Crippen LogP contribution in [0.1, 0.15) is 12.5 Å². The number of alkyl halides is 3. The van der Waals surface area contributed by atoms with Crippen LogP contribution >= 0.6 is 0 Å². The van der Waals surface area contributed by atoms with E-state index in [1.807, 2.05) is 4.72 Å². The first-order valence-electron chi connectivity index (χ1n) is 7.25. The number of amides is 1. The molecule has 2 rings (SSSR count). The Morgan fingerprint density at radius 1 is 1.08 bits per heavy atom. The van der Waals surface area contributed by atoms with Crippen LogP contribution in [0.4, 0.5) is 23.2 Å². The van der Waals surface area contributed by atoms with E-state index in [1.165, 1.54) is 19.1 Å². The number of carbonyl (C=O) groups is 1. The molecule has 0 saturated carbocycles. The minimum atomic E-state index is -4.70. The number of hydrogen-bond donors (Lipinski definition) is 2. The van der Waals surface area contributed by atoms with E-state index >= 15 is 0 Å². The molecule has 1 amide bonds. The van der Waals surface area contributed by atoms with Gasteiger partial charge in [-0.3, -0.25) is 4.79 Å². The summed E-state index contributed by atoms with van der Waals surface area (Å²) in [4.78, 5) is 11.4. The smallest absolute Gasteiger partial charge is 0.325 e. The Hall–Kier alpha value is -2.46. The van der Waals surface area contributed by atoms with Gasteiger partial charge < -0.3 is 5.32 Å². The van der Waals surface area contributed by atoms with Gasteiger partial charge in [-0.25, -0.2) is 12.8 Å². The summed E-state index contributed by atoms with van der Waals surface area (Å²) in [5, 5.41) is 2.37. The predicted molar refractivity (Wildman–Crippen MR) is 86.3 cm³/mol. The van der Waals surface area contributed by atoms with Crippen molar-refractivity contribution in [2.75, 3.05) is 5.32 Å². The van der Waals surface area contributed by atoms with Crippen molar-refractivity contribution in [3.63, 3.8) is 0 Å². The van der Waals surface area contributed by atoms with Gasteiger partial charge in [0.25, 0.3) is 0 Å². The van der Waals surface area contributed by atoms with E-state index in [0.29, 0.717) is 6.07 Å². The van der Waals surface area contributed by atoms with Crippen molar-refractivity contribution in [3.8, 4) is 0 Å². The molecule has 0 heterocycles. The van der Waals surface area contributed by atoms with E-state index in [2.05, 4.69) is 5.32 Å². The van der Waals surface area contributed by atoms with Crippen molar-refractivity contribution in [1.29, 1.82) is 0 Å². The summed E-state index contributed by atoms with van der Waals surface area (Å²) in [5.41, 5.74) is -0.884. The maximum atomic E-state index is 12.8. The zero-order valence-corrected chi connectivity index (χ0v) is 14.2. The minimum absolute atomic E-state index is 0.238. The van der Waals surface area contributed by atoms with Crippen molar-refractivity contribution in [2.24, 2.45) is 0 Å². The van der Waals surface area contributed by atoms with Crippen molar-refractivity contribution in [3.05, 3.63) is 59.9 Å². The highest BCUT2D eigenvalue weighted by Crippen LogP contribution is 2.30. The SMILES string of the molecule is CC(NS(=O)(=O)c1cccc(C(F)(F)F)c1)C(=O)Nc1ccc(F)cc1. The quantitative estimate of drug-likeness (QED) is 0.771. The second-order valence-electron chi connectivity index (χ2n) is 5.36. The fourth-order valence-electron chi connectivity index (χ4n) is 1.98. The van der Waals surface area contributed by atoms with Gasteiger partial charge in [0.15, 0.2) is 0 Å². The number of sulfonamides is 1. The Balaban J connectivity index is 2.13. The van der Waals surface area contributed by atoms with Gasteiger partial charge >= 0.3 is 6.18 Å². The van der Waals surface area contributed by atoms with Gasteiger partial charge in [0.2, 0.25) is 15.9 Å². The van der Waals surface area contributed by atoms with E-state index in [9.17, 15) is 30.8 Å². The Morgan fingerprint density at radius 2 is 1.69 bits per heavy atom. The normalized spacial score (nSPS) is 13.3. The fourth-order valence-corrected chi connectivity index (χ4v) is 3.23. The van der Waals surface area contributed by atoms with Crippen molar-refractivity contribution >= 4 is 21.6 Å². The lowest BCUT2D eigenvalue weighted by atomic mass is 10.2. The topological polar surface area (TPSA) is 75.3 Å². The molecule has 1 atom stereocenters. The lowest BCUT2D eigenvalue weighted by molar-refractivity contribution is -0.137. The summed E-state index contributed by atoms with van der Waals surface area (Å²) >= 11 is 0. The third-order valence-corrected chi connectivity index (χ3v) is 4.85. The van der Waals surface area contributed by atoms with E-state index in [-0.39, 0.29) is 5.69 Å². The molecule has 0 saturated heterocycles. The van der Waals surface area contributed by atoms with Crippen molar-refractivity contribution in [1.82, 2.24) is 4.72 Å². The van der Waals surface area contributed by atoms with Gasteiger partial charge in [0.1, 0.15) is 5.82 Å². The highest BCUT2D eigenvalue weighted by molar-refractivity contribution is 7.89. The first-order valence-corrected chi connectivity index (χ1v) is 8.73. The van der Waals surface area contributed by atoms with Gasteiger partial charge in [-0.1, -0.05) is 6.07 Å². The summed E-state index contributed by atoms with van der Waals surface area (Å²) in [6, 6.07) is 6.65. The van der Waals surface area contributed by atoms with Crippen LogP contribution < -0.4 is 10.0 Å². The highest BCUT2D eigenvalue weighted by atomic mass is 32.2. The molecule has 0 aliphatic rings. The lowest BCUT2D eigenvalue weighted by Gasteiger charge is -2.15. The van der Waals surface area contributed by atoms with Crippen LogP contribution in [0.25, 0.3) is 0 Å². The summed E-state index contributed by atoms with van der Waals surface area (Å²) in [7, 11) is -4.36. The molecule has 10 heteroatoms. The van der Waals surface area contributed by atoms with Crippen LogP contribution in [0.2, 0.25) is 0 Å². The molecule has 2 aromatic carbocycles. The standard InChI is InChI=1S/C16H14F4N2O3S/c1-10(15(23)21-13-7-5-12(17)6-8-13)22-26(24,25)14-4-2-3-11(9-14)16(18,19)20/h2-10,22H,1H3,(H,21,23). The van der Waals surface area contributed by atoms with E-state index in [1.54, 1.807) is 0 Å². The third-order valence-electron chi connectivity index (χ3n) is 3.31. The molecule has 0 radical (unpaired) electrons. The number of anilines is 1. The van der Waals surface area contributed by atoms with Crippen molar-refractivity contribution in [2.45, 2.75) is 24.0 Å². The lowest BCUT2D eigenvalue weighted by Crippen LogP contribution is -2.41. The van der Waals surface area contributed by atoms with Gasteiger partial charge in [0.05, 0.1) is 16.5 Å². The van der Waals surface area contributed by atoms with Crippen LogP contribution in [-0.4, -0.2) is 20.4 Å². The fraction of sp³-hybridized carbons (Fsp3) is 0.188. The molecule has 5 nitrogen and oxygen atoms in total. The van der Waals surface area contributed by atoms with Crippen molar-refractivity contribution < 1.29 is 30.8 Å². The summed E-state index contributed by atoms with van der Waals surface area (Å²) in [6.45, 7) is 1.23. The molecule has 1 unspecified atom stereocenters. The van der Waals surface area contributed by atoms with E-state index in [4.69, 9.17) is 0 Å². The van der Waals surface area contributed by atoms with E-state index < -0.39 is 44.4 Å². The zero-order chi connectivity index (χ0) is 19.5. The Morgan fingerprint density at radius 3 is 2.27 bits per heavy atom. The second-order valence-corrected chi connectivity index (χ2v) is 7.08. The summed E-state index contributed by atoms with van der Waals surface area (Å²) < 4.78 is 77.4. The van der Waals surface area contributed by atoms with Crippen LogP contribution in [0.3, 0.4) is 0 Å². The Kier molecular flexibility index (Phi) is 5.67. The molecule has 0 aromatic heterocycles. The Bertz CT molecular complexity index is 896. The van der Waals surface area contributed by atoms with Crippen LogP contribution in [0.5, 0.6) is 0 Å². The van der Waals surface area contributed by atoms with Crippen LogP contribution in [-0.2, 0) is 21.0 Å². The molecule has 0 aliphatic heterocycles. The molecule has 2 aromatic rings. The van der Waals surface area contributed by atoms with Gasteiger partial charge in [0, 0.05) is 5.69 Å². The maximum absolute atomic E-state index is 12.8. The molecule has 0 aliphatic carbocycles. The molecular formula is C16H14F4N2O3S. The molecule has 26 heavy (non-hydrogen) atoms. The molecule has 0 fully saturated rings. The first-order chi connectivity index (χ1) is 12.0. The average Bonchev–Trinajstić information content (AvgIpc) is 2.56.